The van der Waals surface area contributed by atoms with Gasteiger partial charge in [-0.05, 0) is 26.7 Å². The first kappa shape index (κ1) is 16.2. The van der Waals surface area contributed by atoms with Crippen LogP contribution in [0.2, 0.25) is 0 Å². The summed E-state index contributed by atoms with van der Waals surface area (Å²) in [6, 6.07) is 0. The van der Waals surface area contributed by atoms with E-state index in [0.717, 1.165) is 19.4 Å². The first-order valence-electron chi connectivity index (χ1n) is 6.51. The van der Waals surface area contributed by atoms with Crippen LogP contribution < -0.4 is 15.8 Å². The maximum Gasteiger partial charge on any atom is 0.210 e. The number of rotatable bonds is 6. The van der Waals surface area contributed by atoms with Gasteiger partial charge in [-0.25, -0.2) is 13.6 Å². The maximum atomic E-state index is 10.8. The zero-order valence-corrected chi connectivity index (χ0v) is 12.4. The van der Waals surface area contributed by atoms with Crippen molar-refractivity contribution in [2.75, 3.05) is 32.0 Å². The van der Waals surface area contributed by atoms with Crippen molar-refractivity contribution < 1.29 is 13.2 Å². The predicted molar refractivity (Wildman–Crippen MR) is 75.5 cm³/mol. The van der Waals surface area contributed by atoms with Gasteiger partial charge in [0.1, 0.15) is 0 Å². The quantitative estimate of drug-likeness (QED) is 0.448. The first-order valence-corrected chi connectivity index (χ1v) is 8.23. The van der Waals surface area contributed by atoms with Gasteiger partial charge in [-0.1, -0.05) is 0 Å². The van der Waals surface area contributed by atoms with Crippen molar-refractivity contribution in [2.24, 2.45) is 10.1 Å². The van der Waals surface area contributed by atoms with Crippen LogP contribution in [-0.4, -0.2) is 52.0 Å². The Morgan fingerprint density at radius 3 is 2.74 bits per heavy atom. The molecule has 0 bridgehead atoms. The van der Waals surface area contributed by atoms with Gasteiger partial charge in [-0.15, -0.1) is 0 Å². The third-order valence-corrected chi connectivity index (χ3v) is 3.67. The number of primary sulfonamides is 1. The molecule has 1 saturated heterocycles. The van der Waals surface area contributed by atoms with E-state index >= 15 is 0 Å². The van der Waals surface area contributed by atoms with Crippen LogP contribution >= 0.6 is 0 Å². The molecule has 0 radical (unpaired) electrons. The lowest BCUT2D eigenvalue weighted by Gasteiger charge is -2.21. The van der Waals surface area contributed by atoms with Gasteiger partial charge in [0.25, 0.3) is 0 Å². The van der Waals surface area contributed by atoms with E-state index in [1.807, 2.05) is 13.8 Å². The number of ether oxygens (including phenoxy) is 1. The monoisotopic (exact) mass is 292 g/mol. The van der Waals surface area contributed by atoms with Crippen molar-refractivity contribution in [2.45, 2.75) is 32.3 Å². The van der Waals surface area contributed by atoms with Gasteiger partial charge in [0, 0.05) is 19.7 Å². The van der Waals surface area contributed by atoms with Gasteiger partial charge < -0.3 is 15.4 Å². The molecule has 1 unspecified atom stereocenters. The number of nitrogens with two attached hydrogens (primary N) is 1. The molecule has 0 amide bonds. The number of guanidine groups is 1. The Balaban J connectivity index is 2.46. The smallest absolute Gasteiger partial charge is 0.210 e. The molecular formula is C11H24N4O3S. The summed E-state index contributed by atoms with van der Waals surface area (Å²) in [6.45, 7) is 6.27. The molecule has 0 spiro atoms. The Bertz CT molecular complexity index is 402. The van der Waals surface area contributed by atoms with Crippen molar-refractivity contribution in [1.29, 1.82) is 0 Å². The lowest BCUT2D eigenvalue weighted by molar-refractivity contribution is 0.0283. The summed E-state index contributed by atoms with van der Waals surface area (Å²) in [7, 11) is -3.45. The number of nitrogens with zero attached hydrogens (tertiary/aromatic N) is 1. The molecular weight excluding hydrogens is 268 g/mol. The van der Waals surface area contributed by atoms with Crippen molar-refractivity contribution >= 4 is 16.0 Å². The fourth-order valence-corrected chi connectivity index (χ4v) is 2.25. The molecule has 0 aliphatic carbocycles. The van der Waals surface area contributed by atoms with Crippen molar-refractivity contribution in [1.82, 2.24) is 10.6 Å². The normalized spacial score (nSPS) is 24.5. The van der Waals surface area contributed by atoms with E-state index in [1.54, 1.807) is 0 Å². The first-order chi connectivity index (χ1) is 8.85. The lowest BCUT2D eigenvalue weighted by atomic mass is 10.0. The fraction of sp³-hybridized carbons (Fsp3) is 0.909. The highest BCUT2D eigenvalue weighted by molar-refractivity contribution is 7.89. The summed E-state index contributed by atoms with van der Waals surface area (Å²) in [5, 5.41) is 10.9. The van der Waals surface area contributed by atoms with Gasteiger partial charge in [0.2, 0.25) is 10.0 Å². The van der Waals surface area contributed by atoms with Crippen LogP contribution in [0.5, 0.6) is 0 Å². The zero-order chi connectivity index (χ0) is 14.4. The molecule has 0 saturated carbocycles. The molecule has 7 nitrogen and oxygen atoms in total. The second-order valence-corrected chi connectivity index (χ2v) is 6.62. The number of hydrogen-bond donors (Lipinski definition) is 3. The van der Waals surface area contributed by atoms with Crippen LogP contribution in [0.1, 0.15) is 26.7 Å². The fourth-order valence-electron chi connectivity index (χ4n) is 1.86. The minimum atomic E-state index is -3.45. The van der Waals surface area contributed by atoms with Crippen LogP contribution in [0.25, 0.3) is 0 Å². The van der Waals surface area contributed by atoms with Crippen molar-refractivity contribution in [3.63, 3.8) is 0 Å². The second kappa shape index (κ2) is 7.06. The van der Waals surface area contributed by atoms with Crippen LogP contribution in [0.4, 0.5) is 0 Å². The molecule has 8 heteroatoms. The predicted octanol–water partition coefficient (Wildman–Crippen LogP) is -0.601. The van der Waals surface area contributed by atoms with Gasteiger partial charge in [0.05, 0.1) is 17.9 Å². The molecule has 1 atom stereocenters. The summed E-state index contributed by atoms with van der Waals surface area (Å²) in [6.07, 6.45) is 2.05. The van der Waals surface area contributed by atoms with Gasteiger partial charge in [-0.2, -0.15) is 0 Å². The standard InChI is InChI=1S/C11H24N4O3S/c1-3-13-10(14-6-8-19(12,16)17)15-9-11(2)5-4-7-18-11/h3-9H2,1-2H3,(H2,12,16,17)(H2,13,14,15). The number of aliphatic imine (C=N–C) groups is 1. The number of hydrogen-bond acceptors (Lipinski definition) is 4. The van der Waals surface area contributed by atoms with E-state index in [-0.39, 0.29) is 17.9 Å². The molecule has 0 aromatic carbocycles. The summed E-state index contributed by atoms with van der Waals surface area (Å²) in [5.41, 5.74) is -0.206. The van der Waals surface area contributed by atoms with E-state index in [1.165, 1.54) is 0 Å². The van der Waals surface area contributed by atoms with Crippen LogP contribution in [0, 0.1) is 0 Å². The molecule has 0 aromatic rings. The highest BCUT2D eigenvalue weighted by Gasteiger charge is 2.29. The summed E-state index contributed by atoms with van der Waals surface area (Å²) in [4.78, 5) is 4.42. The van der Waals surface area contributed by atoms with Crippen LogP contribution in [-0.2, 0) is 14.8 Å². The minimum Gasteiger partial charge on any atom is -0.373 e. The van der Waals surface area contributed by atoms with E-state index in [0.29, 0.717) is 19.0 Å². The van der Waals surface area contributed by atoms with E-state index < -0.39 is 10.0 Å². The molecule has 19 heavy (non-hydrogen) atoms. The second-order valence-electron chi connectivity index (χ2n) is 4.89. The van der Waals surface area contributed by atoms with Crippen molar-refractivity contribution in [3.8, 4) is 0 Å². The molecule has 1 aliphatic heterocycles. The largest absolute Gasteiger partial charge is 0.373 e. The molecule has 4 N–H and O–H groups in total. The zero-order valence-electron chi connectivity index (χ0n) is 11.6. The molecule has 1 aliphatic rings. The van der Waals surface area contributed by atoms with Gasteiger partial charge in [0.15, 0.2) is 5.96 Å². The summed E-state index contributed by atoms with van der Waals surface area (Å²) < 4.78 is 27.3. The Kier molecular flexibility index (Phi) is 6.02. The average Bonchev–Trinajstić information content (AvgIpc) is 2.72. The molecule has 0 aromatic heterocycles. The average molecular weight is 292 g/mol. The Hall–Kier alpha value is -0.860. The van der Waals surface area contributed by atoms with Crippen LogP contribution in [0.15, 0.2) is 4.99 Å². The Morgan fingerprint density at radius 1 is 1.47 bits per heavy atom. The summed E-state index contributed by atoms with van der Waals surface area (Å²) >= 11 is 0. The SMILES string of the molecule is CCNC(=NCC1(C)CCCO1)NCCS(N)(=O)=O. The van der Waals surface area contributed by atoms with E-state index in [9.17, 15) is 8.42 Å². The highest BCUT2D eigenvalue weighted by Crippen LogP contribution is 2.24. The van der Waals surface area contributed by atoms with E-state index in [4.69, 9.17) is 9.88 Å². The minimum absolute atomic E-state index is 0.120. The molecule has 1 heterocycles. The van der Waals surface area contributed by atoms with Gasteiger partial charge >= 0.3 is 0 Å². The highest BCUT2D eigenvalue weighted by atomic mass is 32.2. The molecule has 1 fully saturated rings. The third-order valence-electron chi connectivity index (χ3n) is 2.90. The molecule has 1 rings (SSSR count). The summed E-state index contributed by atoms with van der Waals surface area (Å²) in [5.74, 6) is 0.466. The maximum absolute atomic E-state index is 10.8. The van der Waals surface area contributed by atoms with Gasteiger partial charge in [-0.3, -0.25) is 4.99 Å². The van der Waals surface area contributed by atoms with Crippen LogP contribution in [0.3, 0.4) is 0 Å². The van der Waals surface area contributed by atoms with Crippen molar-refractivity contribution in [3.05, 3.63) is 0 Å². The number of sulfonamides is 1. The van der Waals surface area contributed by atoms with E-state index in [2.05, 4.69) is 15.6 Å². The topological polar surface area (TPSA) is 106 Å². The Labute approximate surface area is 115 Å². The Morgan fingerprint density at radius 2 is 2.21 bits per heavy atom. The number of nitrogens with one attached hydrogen (secondary N) is 2. The third kappa shape index (κ3) is 6.74. The molecule has 112 valence electrons. The lowest BCUT2D eigenvalue weighted by Crippen LogP contribution is -2.41.